The molecule has 0 bridgehead atoms. The quantitative estimate of drug-likeness (QED) is 0.165. The lowest BCUT2D eigenvalue weighted by Gasteiger charge is -2.32. The second kappa shape index (κ2) is 10.5. The van der Waals surface area contributed by atoms with Gasteiger partial charge in [-0.05, 0) is 54.4 Å². The van der Waals surface area contributed by atoms with Crippen molar-refractivity contribution >= 4 is 28.0 Å². The lowest BCUT2D eigenvalue weighted by molar-refractivity contribution is -0.376. The van der Waals surface area contributed by atoms with Gasteiger partial charge in [-0.25, -0.2) is 4.98 Å². The fraction of sp³-hybridized carbons (Fsp3) is 0.167. The first kappa shape index (κ1) is 29.2. The minimum Gasteiger partial charge on any atom is -0.369 e. The molecule has 0 amide bonds. The molecule has 0 spiro atoms. The molecule has 3 aromatic carbocycles. The Labute approximate surface area is 238 Å². The average molecular weight is 603 g/mol. The van der Waals surface area contributed by atoms with Gasteiger partial charge in [0.1, 0.15) is 5.82 Å². The van der Waals surface area contributed by atoms with Gasteiger partial charge in [0.05, 0.1) is 21.5 Å². The maximum absolute atomic E-state index is 13.9. The molecule has 0 fully saturated rings. The van der Waals surface area contributed by atoms with Crippen molar-refractivity contribution in [1.82, 2.24) is 9.55 Å². The summed E-state index contributed by atoms with van der Waals surface area (Å²) in [5, 5.41) is 9.93. The minimum absolute atomic E-state index is 0.0452. The van der Waals surface area contributed by atoms with Crippen LogP contribution in [0, 0.1) is 0 Å². The van der Waals surface area contributed by atoms with Crippen molar-refractivity contribution in [3.63, 3.8) is 0 Å². The van der Waals surface area contributed by atoms with E-state index in [1.54, 1.807) is 60.7 Å². The number of Topliss-reactive ketones (excluding diaryl/α,β-unsaturated/α-hetero) is 1. The Hall–Kier alpha value is -4.29. The Bertz CT molecular complexity index is 1830. The summed E-state index contributed by atoms with van der Waals surface area (Å²) < 4.78 is 81.7. The summed E-state index contributed by atoms with van der Waals surface area (Å²) in [6.07, 6.45) is -12.0. The van der Waals surface area contributed by atoms with Crippen LogP contribution in [0.2, 0.25) is 0 Å². The van der Waals surface area contributed by atoms with Crippen LogP contribution < -0.4 is 5.56 Å². The smallest absolute Gasteiger partial charge is 0.369 e. The molecule has 5 aromatic rings. The molecule has 12 heteroatoms. The van der Waals surface area contributed by atoms with Gasteiger partial charge in [0.2, 0.25) is 0 Å². The molecule has 0 aliphatic carbocycles. The number of thiophene rings is 1. The van der Waals surface area contributed by atoms with Gasteiger partial charge in [0.25, 0.3) is 11.2 Å². The summed E-state index contributed by atoms with van der Waals surface area (Å²) in [7, 11) is 0. The van der Waals surface area contributed by atoms with Crippen LogP contribution in [0.5, 0.6) is 0 Å². The van der Waals surface area contributed by atoms with E-state index in [9.17, 15) is 41.0 Å². The fourth-order valence-electron chi connectivity index (χ4n) is 4.57. The highest BCUT2D eigenvalue weighted by atomic mass is 32.1. The van der Waals surface area contributed by atoms with E-state index in [4.69, 9.17) is 0 Å². The Morgan fingerprint density at radius 3 is 2.10 bits per heavy atom. The molecule has 0 saturated carbocycles. The SMILES string of the molecule is CC(=O)c1ccc(-c2ccc3nc(Cc4ccccc4)n(-c4ccc(C(O)(C(F)(F)F)C(F)(F)F)cc4)c(=O)c3c2)s1. The molecule has 1 N–H and O–H groups in total. The van der Waals surface area contributed by atoms with Gasteiger partial charge in [-0.1, -0.05) is 48.5 Å². The first-order valence-corrected chi connectivity index (χ1v) is 13.2. The molecule has 0 atom stereocenters. The molecule has 0 radical (unpaired) electrons. The molecule has 0 aliphatic heterocycles. The molecular formula is C30H20F6N2O3S. The molecule has 5 rings (SSSR count). The minimum atomic E-state index is -6.05. The largest absolute Gasteiger partial charge is 0.430 e. The number of halogens is 6. The summed E-state index contributed by atoms with van der Waals surface area (Å²) in [6.45, 7) is 1.43. The van der Waals surface area contributed by atoms with E-state index in [2.05, 4.69) is 4.98 Å². The maximum Gasteiger partial charge on any atom is 0.430 e. The lowest BCUT2D eigenvalue weighted by atomic mass is 9.92. The number of hydrogen-bond acceptors (Lipinski definition) is 5. The summed E-state index contributed by atoms with van der Waals surface area (Å²) in [6, 6.07) is 20.0. The molecule has 42 heavy (non-hydrogen) atoms. The highest BCUT2D eigenvalue weighted by molar-refractivity contribution is 7.17. The molecule has 0 aliphatic rings. The van der Waals surface area contributed by atoms with Crippen molar-refractivity contribution in [1.29, 1.82) is 0 Å². The first-order valence-electron chi connectivity index (χ1n) is 12.4. The van der Waals surface area contributed by atoms with Crippen LogP contribution in [0.3, 0.4) is 0 Å². The van der Waals surface area contributed by atoms with Gasteiger partial charge in [0.15, 0.2) is 5.78 Å². The third kappa shape index (κ3) is 5.12. The number of fused-ring (bicyclic) bond motifs is 1. The number of rotatable bonds is 6. The predicted octanol–water partition coefficient (Wildman–Crippen LogP) is 7.22. The van der Waals surface area contributed by atoms with Crippen LogP contribution in [0.25, 0.3) is 27.0 Å². The number of aliphatic hydroxyl groups is 1. The Morgan fingerprint density at radius 1 is 0.881 bits per heavy atom. The number of aromatic nitrogens is 2. The molecule has 216 valence electrons. The lowest BCUT2D eigenvalue weighted by Crippen LogP contribution is -2.53. The van der Waals surface area contributed by atoms with Crippen LogP contribution in [0.15, 0.2) is 89.7 Å². The van der Waals surface area contributed by atoms with Crippen molar-refractivity contribution < 1.29 is 36.2 Å². The number of carbonyl (C=O) groups is 1. The van der Waals surface area contributed by atoms with Crippen molar-refractivity contribution in [2.45, 2.75) is 31.3 Å². The van der Waals surface area contributed by atoms with Gasteiger partial charge in [-0.2, -0.15) is 26.3 Å². The van der Waals surface area contributed by atoms with Crippen LogP contribution in [-0.2, 0) is 12.0 Å². The molecule has 5 nitrogen and oxygen atoms in total. The van der Waals surface area contributed by atoms with Gasteiger partial charge < -0.3 is 5.11 Å². The zero-order valence-corrected chi connectivity index (χ0v) is 22.4. The van der Waals surface area contributed by atoms with E-state index in [-0.39, 0.29) is 29.1 Å². The standard InChI is InChI=1S/C30H20F6N2O3S/c1-17(39)24-13-14-25(42-24)19-7-12-23-22(16-19)27(40)38(26(37-23)15-18-5-3-2-4-6-18)21-10-8-20(9-11-21)28(41,29(31,32)33)30(34,35)36/h2-14,16,41H,15H2,1H3. The van der Waals surface area contributed by atoms with E-state index in [0.29, 0.717) is 33.0 Å². The van der Waals surface area contributed by atoms with Crippen molar-refractivity contribution in [3.05, 3.63) is 117 Å². The van der Waals surface area contributed by atoms with Gasteiger partial charge in [-0.3, -0.25) is 14.2 Å². The van der Waals surface area contributed by atoms with Crippen molar-refractivity contribution in [3.8, 4) is 16.1 Å². The van der Waals surface area contributed by atoms with Crippen LogP contribution in [-0.4, -0.2) is 32.8 Å². The Morgan fingerprint density at radius 2 is 1.52 bits per heavy atom. The van der Waals surface area contributed by atoms with Crippen LogP contribution in [0.1, 0.15) is 33.5 Å². The number of carbonyl (C=O) groups excluding carboxylic acids is 1. The Kier molecular flexibility index (Phi) is 7.32. The maximum atomic E-state index is 13.9. The van der Waals surface area contributed by atoms with Gasteiger partial charge >= 0.3 is 12.4 Å². The van der Waals surface area contributed by atoms with E-state index in [0.717, 1.165) is 22.3 Å². The van der Waals surface area contributed by atoms with Gasteiger partial charge in [0, 0.05) is 16.9 Å². The zero-order chi connectivity index (χ0) is 30.4. The third-order valence-corrected chi connectivity index (χ3v) is 7.98. The van der Waals surface area contributed by atoms with E-state index < -0.39 is 29.1 Å². The predicted molar refractivity (Wildman–Crippen MR) is 146 cm³/mol. The molecule has 0 unspecified atom stereocenters. The second-order valence-electron chi connectivity index (χ2n) is 9.54. The number of benzene rings is 3. The highest BCUT2D eigenvalue weighted by Crippen LogP contribution is 2.50. The summed E-state index contributed by atoms with van der Waals surface area (Å²) >= 11 is 1.24. The number of alkyl halides is 6. The van der Waals surface area contributed by atoms with E-state index >= 15 is 0 Å². The molecule has 2 aromatic heterocycles. The number of ketones is 1. The Balaban J connectivity index is 1.69. The number of hydrogen-bond donors (Lipinski definition) is 1. The third-order valence-electron chi connectivity index (χ3n) is 6.74. The van der Waals surface area contributed by atoms with Gasteiger partial charge in [-0.15, -0.1) is 11.3 Å². The second-order valence-corrected chi connectivity index (χ2v) is 10.6. The molecule has 0 saturated heterocycles. The first-order chi connectivity index (χ1) is 19.7. The zero-order valence-electron chi connectivity index (χ0n) is 21.6. The summed E-state index contributed by atoms with van der Waals surface area (Å²) in [5.74, 6) is 0.0732. The fourth-order valence-corrected chi connectivity index (χ4v) is 5.47. The number of nitrogens with zero attached hydrogens (tertiary/aromatic N) is 2. The highest BCUT2D eigenvalue weighted by Gasteiger charge is 2.71. The topological polar surface area (TPSA) is 72.2 Å². The normalized spacial score (nSPS) is 12.6. The average Bonchev–Trinajstić information content (AvgIpc) is 3.43. The van der Waals surface area contributed by atoms with Crippen LogP contribution >= 0.6 is 11.3 Å². The summed E-state index contributed by atoms with van der Waals surface area (Å²) in [4.78, 5) is 31.5. The van der Waals surface area contributed by atoms with Crippen LogP contribution in [0.4, 0.5) is 26.3 Å². The van der Waals surface area contributed by atoms with Crippen molar-refractivity contribution in [2.24, 2.45) is 0 Å². The monoisotopic (exact) mass is 602 g/mol. The van der Waals surface area contributed by atoms with E-state index in [1.807, 2.05) is 0 Å². The molecule has 2 heterocycles. The summed E-state index contributed by atoms with van der Waals surface area (Å²) in [5.41, 5.74) is -5.50. The van der Waals surface area contributed by atoms with E-state index in [1.165, 1.54) is 18.3 Å². The molecular weight excluding hydrogens is 582 g/mol. The van der Waals surface area contributed by atoms with Crippen molar-refractivity contribution in [2.75, 3.05) is 0 Å².